The molecule has 10 heteroatoms. The molecule has 2 aromatic heterocycles. The fourth-order valence-corrected chi connectivity index (χ4v) is 2.57. The van der Waals surface area contributed by atoms with Gasteiger partial charge in [0.15, 0.2) is 6.61 Å². The number of carbonyl (C=O) groups is 1. The molecule has 2 heterocycles. The van der Waals surface area contributed by atoms with Gasteiger partial charge in [-0.2, -0.15) is 9.67 Å². The van der Waals surface area contributed by atoms with Crippen molar-refractivity contribution >= 4 is 17.6 Å². The average molecular weight is 413 g/mol. The molecule has 0 saturated carbocycles. The Bertz CT molecular complexity index is 1180. The molecule has 4 rings (SSSR count). The quantitative estimate of drug-likeness (QED) is 0.444. The van der Waals surface area contributed by atoms with E-state index < -0.39 is 18.3 Å². The third-order valence-electron chi connectivity index (χ3n) is 3.83. The minimum Gasteiger partial charge on any atom is -0.454 e. The van der Waals surface area contributed by atoms with Crippen LogP contribution in [0.25, 0.3) is 22.8 Å². The number of aromatic nitrogens is 4. The number of esters is 1. The fourth-order valence-electron chi connectivity index (χ4n) is 2.44. The zero-order valence-corrected chi connectivity index (χ0v) is 15.6. The molecule has 146 valence electrons. The van der Waals surface area contributed by atoms with Crippen LogP contribution in [0.4, 0.5) is 0 Å². The van der Waals surface area contributed by atoms with E-state index in [0.29, 0.717) is 22.0 Å². The maximum atomic E-state index is 12.0. The van der Waals surface area contributed by atoms with Gasteiger partial charge in [-0.15, -0.1) is 5.10 Å². The van der Waals surface area contributed by atoms with Crippen molar-refractivity contribution in [2.75, 3.05) is 0 Å². The van der Waals surface area contributed by atoms with Crippen molar-refractivity contribution in [1.82, 2.24) is 19.9 Å². The molecule has 0 N–H and O–H groups in total. The molecule has 0 amide bonds. The van der Waals surface area contributed by atoms with Crippen LogP contribution in [0.3, 0.4) is 0 Å². The average Bonchev–Trinajstić information content (AvgIpc) is 3.35. The molecule has 0 unspecified atom stereocenters. The van der Waals surface area contributed by atoms with Crippen molar-refractivity contribution in [3.63, 3.8) is 0 Å². The van der Waals surface area contributed by atoms with Gasteiger partial charge in [-0.3, -0.25) is 4.79 Å². The van der Waals surface area contributed by atoms with Crippen molar-refractivity contribution in [1.29, 1.82) is 0 Å². The monoisotopic (exact) mass is 412 g/mol. The number of benzene rings is 2. The lowest BCUT2D eigenvalue weighted by molar-refractivity contribution is -0.146. The van der Waals surface area contributed by atoms with Gasteiger partial charge in [0.2, 0.25) is 11.7 Å². The summed E-state index contributed by atoms with van der Waals surface area (Å²) in [5.41, 5.74) is 1.33. The third kappa shape index (κ3) is 4.41. The summed E-state index contributed by atoms with van der Waals surface area (Å²) in [5.74, 6) is -0.892. The standard InChI is InChI=1S/C19H13ClN4O5/c20-14-8-6-12(7-9-14)17-21-15(29-23-17)11-27-16(25)10-24-19(26)28-18(22-24)13-4-2-1-3-5-13/h1-9H,10-11H2. The lowest BCUT2D eigenvalue weighted by Crippen LogP contribution is -2.23. The van der Waals surface area contributed by atoms with Gasteiger partial charge in [0.1, 0.15) is 6.54 Å². The van der Waals surface area contributed by atoms with E-state index >= 15 is 0 Å². The smallest absolute Gasteiger partial charge is 0.437 e. The number of ether oxygens (including phenoxy) is 1. The van der Waals surface area contributed by atoms with Gasteiger partial charge in [-0.1, -0.05) is 35.0 Å². The molecule has 29 heavy (non-hydrogen) atoms. The predicted octanol–water partition coefficient (Wildman–Crippen LogP) is 2.95. The Morgan fingerprint density at radius 2 is 1.83 bits per heavy atom. The molecular weight excluding hydrogens is 400 g/mol. The zero-order chi connectivity index (χ0) is 20.2. The molecule has 0 fully saturated rings. The minimum absolute atomic E-state index is 0.112. The van der Waals surface area contributed by atoms with Gasteiger partial charge in [-0.05, 0) is 36.4 Å². The Morgan fingerprint density at radius 1 is 1.07 bits per heavy atom. The molecule has 0 aliphatic rings. The summed E-state index contributed by atoms with van der Waals surface area (Å²) >= 11 is 5.85. The number of halogens is 1. The summed E-state index contributed by atoms with van der Waals surface area (Å²) in [7, 11) is 0. The highest BCUT2D eigenvalue weighted by Gasteiger charge is 2.15. The maximum absolute atomic E-state index is 12.0. The Kier molecular flexibility index (Phi) is 5.21. The van der Waals surface area contributed by atoms with Crippen LogP contribution in [0.15, 0.2) is 68.3 Å². The van der Waals surface area contributed by atoms with Crippen LogP contribution >= 0.6 is 11.6 Å². The molecule has 0 aliphatic carbocycles. The van der Waals surface area contributed by atoms with Gasteiger partial charge in [-0.25, -0.2) is 4.79 Å². The number of hydrogen-bond donors (Lipinski definition) is 0. The molecule has 0 aliphatic heterocycles. The molecule has 0 spiro atoms. The normalized spacial score (nSPS) is 10.8. The molecular formula is C19H13ClN4O5. The summed E-state index contributed by atoms with van der Waals surface area (Å²) in [4.78, 5) is 28.1. The predicted molar refractivity (Wildman–Crippen MR) is 101 cm³/mol. The number of hydrogen-bond acceptors (Lipinski definition) is 8. The first-order valence-electron chi connectivity index (χ1n) is 8.46. The van der Waals surface area contributed by atoms with Crippen molar-refractivity contribution in [2.24, 2.45) is 0 Å². The number of carbonyl (C=O) groups excluding carboxylic acids is 1. The van der Waals surface area contributed by atoms with E-state index in [1.165, 1.54) is 0 Å². The van der Waals surface area contributed by atoms with Crippen LogP contribution in [0.2, 0.25) is 5.02 Å². The highest BCUT2D eigenvalue weighted by atomic mass is 35.5. The largest absolute Gasteiger partial charge is 0.454 e. The van der Waals surface area contributed by atoms with E-state index in [4.69, 9.17) is 25.3 Å². The van der Waals surface area contributed by atoms with E-state index in [2.05, 4.69) is 15.2 Å². The first-order valence-corrected chi connectivity index (χ1v) is 8.84. The second-order valence-corrected chi connectivity index (χ2v) is 6.31. The van der Waals surface area contributed by atoms with Gasteiger partial charge in [0, 0.05) is 16.1 Å². The Labute approximate surface area is 168 Å². The van der Waals surface area contributed by atoms with Crippen molar-refractivity contribution < 1.29 is 18.5 Å². The maximum Gasteiger partial charge on any atom is 0.437 e. The fraction of sp³-hybridized carbons (Fsp3) is 0.105. The Hall–Kier alpha value is -3.72. The zero-order valence-electron chi connectivity index (χ0n) is 14.8. The Morgan fingerprint density at radius 3 is 2.59 bits per heavy atom. The molecule has 4 aromatic rings. The summed E-state index contributed by atoms with van der Waals surface area (Å²) in [6, 6.07) is 15.7. The summed E-state index contributed by atoms with van der Waals surface area (Å²) in [6.45, 7) is -0.648. The van der Waals surface area contributed by atoms with Crippen LogP contribution in [0.5, 0.6) is 0 Å². The van der Waals surface area contributed by atoms with E-state index in [-0.39, 0.29) is 18.4 Å². The molecule has 0 atom stereocenters. The van der Waals surface area contributed by atoms with Crippen LogP contribution in [0, 0.1) is 0 Å². The topological polar surface area (TPSA) is 113 Å². The first-order chi connectivity index (χ1) is 14.1. The van der Waals surface area contributed by atoms with Gasteiger partial charge >= 0.3 is 11.7 Å². The minimum atomic E-state index is -0.761. The van der Waals surface area contributed by atoms with Gasteiger partial charge in [0.25, 0.3) is 5.89 Å². The number of nitrogens with zero attached hydrogens (tertiary/aromatic N) is 4. The molecule has 2 aromatic carbocycles. The molecule has 0 saturated heterocycles. The lowest BCUT2D eigenvalue weighted by Gasteiger charge is -2.00. The highest BCUT2D eigenvalue weighted by molar-refractivity contribution is 6.30. The van der Waals surface area contributed by atoms with Crippen molar-refractivity contribution in [2.45, 2.75) is 13.2 Å². The number of rotatable bonds is 6. The van der Waals surface area contributed by atoms with E-state index in [1.807, 2.05) is 6.07 Å². The third-order valence-corrected chi connectivity index (χ3v) is 4.08. The Balaban J connectivity index is 1.37. The lowest BCUT2D eigenvalue weighted by atomic mass is 10.2. The van der Waals surface area contributed by atoms with Crippen LogP contribution in [0.1, 0.15) is 5.89 Å². The highest BCUT2D eigenvalue weighted by Crippen LogP contribution is 2.19. The summed E-state index contributed by atoms with van der Waals surface area (Å²) in [5, 5.41) is 8.41. The van der Waals surface area contributed by atoms with E-state index in [9.17, 15) is 9.59 Å². The van der Waals surface area contributed by atoms with Crippen LogP contribution in [-0.2, 0) is 22.7 Å². The molecule has 0 radical (unpaired) electrons. The second kappa shape index (κ2) is 8.11. The van der Waals surface area contributed by atoms with Crippen LogP contribution in [-0.4, -0.2) is 25.9 Å². The van der Waals surface area contributed by atoms with Gasteiger partial charge in [0.05, 0.1) is 0 Å². The van der Waals surface area contributed by atoms with Gasteiger partial charge < -0.3 is 13.7 Å². The van der Waals surface area contributed by atoms with Crippen molar-refractivity contribution in [3.8, 4) is 22.8 Å². The van der Waals surface area contributed by atoms with E-state index in [1.54, 1.807) is 48.5 Å². The summed E-state index contributed by atoms with van der Waals surface area (Å²) in [6.07, 6.45) is 0. The van der Waals surface area contributed by atoms with E-state index in [0.717, 1.165) is 4.68 Å². The van der Waals surface area contributed by atoms with Crippen LogP contribution < -0.4 is 5.76 Å². The van der Waals surface area contributed by atoms with Crippen molar-refractivity contribution in [3.05, 3.63) is 76.1 Å². The molecule has 0 bridgehead atoms. The second-order valence-electron chi connectivity index (χ2n) is 5.88. The summed E-state index contributed by atoms with van der Waals surface area (Å²) < 4.78 is 16.1. The molecule has 9 nitrogen and oxygen atoms in total. The SMILES string of the molecule is O=C(Cn1nc(-c2ccccc2)oc1=O)OCc1nc(-c2ccc(Cl)cc2)no1. The first kappa shape index (κ1) is 18.6.